The van der Waals surface area contributed by atoms with Crippen molar-refractivity contribution < 1.29 is 9.90 Å². The molecule has 19 heavy (non-hydrogen) atoms. The molecule has 0 heterocycles. The summed E-state index contributed by atoms with van der Waals surface area (Å²) in [6.07, 6.45) is 0. The lowest BCUT2D eigenvalue weighted by molar-refractivity contribution is 0.102. The Morgan fingerprint density at radius 3 is 2.68 bits per heavy atom. The molecule has 0 spiro atoms. The first-order chi connectivity index (χ1) is 9.11. The first-order valence-corrected chi connectivity index (χ1v) is 6.99. The van der Waals surface area contributed by atoms with Crippen LogP contribution in [0, 0.1) is 6.92 Å². The van der Waals surface area contributed by atoms with Crippen molar-refractivity contribution in [3.8, 4) is 5.75 Å². The van der Waals surface area contributed by atoms with E-state index in [0.717, 1.165) is 11.3 Å². The molecule has 0 saturated carbocycles. The average Bonchev–Trinajstić information content (AvgIpc) is 2.42. The van der Waals surface area contributed by atoms with Crippen LogP contribution in [-0.2, 0) is 5.33 Å². The van der Waals surface area contributed by atoms with Crippen LogP contribution in [-0.4, -0.2) is 11.0 Å². The fourth-order valence-electron chi connectivity index (χ4n) is 1.75. The van der Waals surface area contributed by atoms with Gasteiger partial charge in [-0.05, 0) is 42.3 Å². The molecule has 0 unspecified atom stereocenters. The molecule has 98 valence electrons. The first kappa shape index (κ1) is 13.6. The molecule has 0 aromatic heterocycles. The molecule has 0 atom stereocenters. The zero-order chi connectivity index (χ0) is 13.8. The Morgan fingerprint density at radius 1 is 1.26 bits per heavy atom. The third-order valence-electron chi connectivity index (χ3n) is 2.87. The quantitative estimate of drug-likeness (QED) is 0.844. The smallest absolute Gasteiger partial charge is 0.255 e. The molecule has 0 saturated heterocycles. The van der Waals surface area contributed by atoms with E-state index in [0.29, 0.717) is 16.5 Å². The number of carbonyl (C=O) groups is 1. The van der Waals surface area contributed by atoms with Crippen LogP contribution >= 0.6 is 15.9 Å². The van der Waals surface area contributed by atoms with Gasteiger partial charge < -0.3 is 10.4 Å². The summed E-state index contributed by atoms with van der Waals surface area (Å²) in [7, 11) is 0. The van der Waals surface area contributed by atoms with Gasteiger partial charge in [0.05, 0.1) is 0 Å². The van der Waals surface area contributed by atoms with Gasteiger partial charge in [-0.2, -0.15) is 0 Å². The molecule has 0 radical (unpaired) electrons. The van der Waals surface area contributed by atoms with Gasteiger partial charge in [0.2, 0.25) is 0 Å². The zero-order valence-corrected chi connectivity index (χ0v) is 12.1. The maximum Gasteiger partial charge on any atom is 0.255 e. The highest BCUT2D eigenvalue weighted by molar-refractivity contribution is 9.08. The number of para-hydroxylation sites is 1. The van der Waals surface area contributed by atoms with Gasteiger partial charge in [0.15, 0.2) is 0 Å². The van der Waals surface area contributed by atoms with E-state index >= 15 is 0 Å². The van der Waals surface area contributed by atoms with Crippen molar-refractivity contribution in [3.63, 3.8) is 0 Å². The van der Waals surface area contributed by atoms with Crippen LogP contribution in [0.4, 0.5) is 5.69 Å². The first-order valence-electron chi connectivity index (χ1n) is 5.86. The lowest BCUT2D eigenvalue weighted by Crippen LogP contribution is -2.13. The lowest BCUT2D eigenvalue weighted by Gasteiger charge is -2.10. The summed E-state index contributed by atoms with van der Waals surface area (Å²) in [5, 5.41) is 13.0. The van der Waals surface area contributed by atoms with Crippen LogP contribution < -0.4 is 5.32 Å². The van der Waals surface area contributed by atoms with Crippen molar-refractivity contribution in [2.45, 2.75) is 12.3 Å². The topological polar surface area (TPSA) is 49.3 Å². The largest absolute Gasteiger partial charge is 0.508 e. The second-order valence-electron chi connectivity index (χ2n) is 4.25. The summed E-state index contributed by atoms with van der Waals surface area (Å²) in [4.78, 5) is 12.1. The van der Waals surface area contributed by atoms with Crippen LogP contribution in [0.2, 0.25) is 0 Å². The standard InChI is InChI=1S/C15H14BrNO2/c1-10-8-11(6-7-14(10)18)15(19)17-13-5-3-2-4-12(13)9-16/h2-8,18H,9H2,1H3,(H,17,19). The second kappa shape index (κ2) is 5.89. The molecule has 4 heteroatoms. The van der Waals surface area contributed by atoms with Crippen LogP contribution in [0.3, 0.4) is 0 Å². The van der Waals surface area contributed by atoms with Crippen LogP contribution in [0.5, 0.6) is 5.75 Å². The summed E-state index contributed by atoms with van der Waals surface area (Å²) in [5.41, 5.74) is 3.02. The number of benzene rings is 2. The summed E-state index contributed by atoms with van der Waals surface area (Å²) >= 11 is 3.39. The summed E-state index contributed by atoms with van der Waals surface area (Å²) in [6, 6.07) is 12.4. The van der Waals surface area contributed by atoms with E-state index in [9.17, 15) is 9.90 Å². The normalized spacial score (nSPS) is 10.2. The van der Waals surface area contributed by atoms with Gasteiger partial charge in [0.1, 0.15) is 5.75 Å². The van der Waals surface area contributed by atoms with E-state index in [1.54, 1.807) is 19.1 Å². The lowest BCUT2D eigenvalue weighted by atomic mass is 10.1. The van der Waals surface area contributed by atoms with Gasteiger partial charge in [0, 0.05) is 16.6 Å². The number of aromatic hydroxyl groups is 1. The number of amides is 1. The monoisotopic (exact) mass is 319 g/mol. The van der Waals surface area contributed by atoms with Crippen LogP contribution in [0.1, 0.15) is 21.5 Å². The molecule has 2 aromatic rings. The van der Waals surface area contributed by atoms with Crippen molar-refractivity contribution in [1.29, 1.82) is 0 Å². The van der Waals surface area contributed by atoms with Crippen molar-refractivity contribution >= 4 is 27.5 Å². The van der Waals surface area contributed by atoms with E-state index in [1.807, 2.05) is 24.3 Å². The van der Waals surface area contributed by atoms with Crippen molar-refractivity contribution in [1.82, 2.24) is 0 Å². The molecule has 1 amide bonds. The summed E-state index contributed by atoms with van der Waals surface area (Å²) in [6.45, 7) is 1.76. The average molecular weight is 320 g/mol. The number of anilines is 1. The minimum Gasteiger partial charge on any atom is -0.508 e. The Kier molecular flexibility index (Phi) is 4.22. The number of phenols is 1. The molecular formula is C15H14BrNO2. The van der Waals surface area contributed by atoms with Gasteiger partial charge in [-0.25, -0.2) is 0 Å². The van der Waals surface area contributed by atoms with Gasteiger partial charge in [-0.1, -0.05) is 34.1 Å². The molecule has 2 rings (SSSR count). The minimum atomic E-state index is -0.184. The maximum absolute atomic E-state index is 12.1. The molecule has 0 aliphatic heterocycles. The van der Waals surface area contributed by atoms with Crippen molar-refractivity contribution in [2.75, 3.05) is 5.32 Å². The molecular weight excluding hydrogens is 306 g/mol. The molecule has 0 aliphatic carbocycles. The molecule has 2 N–H and O–H groups in total. The number of rotatable bonds is 3. The Morgan fingerprint density at radius 2 is 2.00 bits per heavy atom. The second-order valence-corrected chi connectivity index (χ2v) is 4.81. The molecule has 0 bridgehead atoms. The van der Waals surface area contributed by atoms with Gasteiger partial charge in [0.25, 0.3) is 5.91 Å². The fourth-order valence-corrected chi connectivity index (χ4v) is 2.24. The number of hydrogen-bond donors (Lipinski definition) is 2. The predicted octanol–water partition coefficient (Wildman–Crippen LogP) is 3.85. The van der Waals surface area contributed by atoms with Crippen LogP contribution in [0.25, 0.3) is 0 Å². The third kappa shape index (κ3) is 3.15. The zero-order valence-electron chi connectivity index (χ0n) is 10.5. The molecule has 0 fully saturated rings. The Bertz CT molecular complexity index is 611. The van der Waals surface area contributed by atoms with Gasteiger partial charge in [-0.15, -0.1) is 0 Å². The third-order valence-corrected chi connectivity index (χ3v) is 3.47. The number of hydrogen-bond acceptors (Lipinski definition) is 2. The minimum absolute atomic E-state index is 0.184. The van der Waals surface area contributed by atoms with E-state index in [1.165, 1.54) is 6.07 Å². The number of carbonyl (C=O) groups excluding carboxylic acids is 1. The number of nitrogens with one attached hydrogen (secondary N) is 1. The highest BCUT2D eigenvalue weighted by Crippen LogP contribution is 2.21. The van der Waals surface area contributed by atoms with E-state index in [4.69, 9.17) is 0 Å². The summed E-state index contributed by atoms with van der Waals surface area (Å²) < 4.78 is 0. The SMILES string of the molecule is Cc1cc(C(=O)Nc2ccccc2CBr)ccc1O. The van der Waals surface area contributed by atoms with E-state index < -0.39 is 0 Å². The molecule has 0 aliphatic rings. The summed E-state index contributed by atoms with van der Waals surface area (Å²) in [5.74, 6) is 0.00825. The van der Waals surface area contributed by atoms with Gasteiger partial charge in [-0.3, -0.25) is 4.79 Å². The number of alkyl halides is 1. The number of halogens is 1. The maximum atomic E-state index is 12.1. The van der Waals surface area contributed by atoms with Crippen LogP contribution in [0.15, 0.2) is 42.5 Å². The highest BCUT2D eigenvalue weighted by atomic mass is 79.9. The predicted molar refractivity (Wildman–Crippen MR) is 79.9 cm³/mol. The number of phenolic OH excluding ortho intramolecular Hbond substituents is 1. The Balaban J connectivity index is 2.23. The van der Waals surface area contributed by atoms with Gasteiger partial charge >= 0.3 is 0 Å². The Labute approximate surface area is 120 Å². The fraction of sp³-hybridized carbons (Fsp3) is 0.133. The molecule has 2 aromatic carbocycles. The van der Waals surface area contributed by atoms with E-state index in [2.05, 4.69) is 21.2 Å². The Hall–Kier alpha value is -1.81. The molecule has 3 nitrogen and oxygen atoms in total. The van der Waals surface area contributed by atoms with Crippen molar-refractivity contribution in [3.05, 3.63) is 59.2 Å². The van der Waals surface area contributed by atoms with Crippen molar-refractivity contribution in [2.24, 2.45) is 0 Å². The van der Waals surface area contributed by atoms with E-state index in [-0.39, 0.29) is 11.7 Å². The highest BCUT2D eigenvalue weighted by Gasteiger charge is 2.09. The number of aryl methyl sites for hydroxylation is 1.